The quantitative estimate of drug-likeness (QED) is 0.571. The SMILES string of the molecule is C[C@H]1CCC([C@@H](C)[C@H]2CC[C@H]3[C@@H]4[C@H](O)C=C5C[C@@H](O)CC[C@]5(C)[C@H]4C[C@H](O)[C@]23C)=NC1. The highest BCUT2D eigenvalue weighted by molar-refractivity contribution is 5.87. The maximum Gasteiger partial charge on any atom is 0.0757 e. The Morgan fingerprint density at radius 1 is 1.06 bits per heavy atom. The highest BCUT2D eigenvalue weighted by Gasteiger charge is 2.64. The van der Waals surface area contributed by atoms with Crippen molar-refractivity contribution in [1.82, 2.24) is 0 Å². The second kappa shape index (κ2) is 7.67. The molecule has 0 unspecified atom stereocenters. The lowest BCUT2D eigenvalue weighted by atomic mass is 9.45. The summed E-state index contributed by atoms with van der Waals surface area (Å²) >= 11 is 0. The van der Waals surface area contributed by atoms with Crippen LogP contribution in [0.1, 0.15) is 79.1 Å². The highest BCUT2D eigenvalue weighted by Crippen LogP contribution is 2.67. The summed E-state index contributed by atoms with van der Waals surface area (Å²) in [6.07, 6.45) is 8.91. The van der Waals surface area contributed by atoms with Crippen molar-refractivity contribution in [2.24, 2.45) is 51.3 Å². The standard InChI is InChI=1S/C27H43NO3/c1-15-5-8-22(28-14-15)16(2)19-6-7-20-25-21(13-24(31)27(19,20)4)26(3)10-9-18(29)11-17(26)12-23(25)30/h12,15-16,18-21,23-25,29-31H,5-11,13-14H2,1-4H3/t15-,16-,18-,19+,20-,21-,23+,24-,25-,26-,27+/m0/s1. The molecule has 0 aromatic carbocycles. The Balaban J connectivity index is 1.46. The summed E-state index contributed by atoms with van der Waals surface area (Å²) in [4.78, 5) is 4.97. The van der Waals surface area contributed by atoms with E-state index >= 15 is 0 Å². The number of aliphatic hydroxyl groups excluding tert-OH is 3. The van der Waals surface area contributed by atoms with Crippen LogP contribution in [0.5, 0.6) is 0 Å². The minimum absolute atomic E-state index is 0.0126. The fourth-order valence-electron chi connectivity index (χ4n) is 8.90. The molecule has 0 spiro atoms. The average Bonchev–Trinajstić information content (AvgIpc) is 3.09. The third-order valence-corrected chi connectivity index (χ3v) is 10.9. The van der Waals surface area contributed by atoms with Gasteiger partial charge in [0.25, 0.3) is 0 Å². The summed E-state index contributed by atoms with van der Waals surface area (Å²) in [5.41, 5.74) is 2.48. The van der Waals surface area contributed by atoms with E-state index in [-0.39, 0.29) is 29.0 Å². The van der Waals surface area contributed by atoms with Gasteiger partial charge in [0.05, 0.1) is 18.3 Å². The molecule has 1 heterocycles. The molecular formula is C27H43NO3. The van der Waals surface area contributed by atoms with Crippen LogP contribution in [-0.2, 0) is 0 Å². The van der Waals surface area contributed by atoms with Crippen molar-refractivity contribution in [1.29, 1.82) is 0 Å². The average molecular weight is 430 g/mol. The molecule has 4 aliphatic carbocycles. The topological polar surface area (TPSA) is 73.0 Å². The van der Waals surface area contributed by atoms with Crippen LogP contribution in [0.15, 0.2) is 16.6 Å². The Labute approximate surface area is 188 Å². The Hall–Kier alpha value is -0.710. The lowest BCUT2D eigenvalue weighted by Gasteiger charge is -2.61. The van der Waals surface area contributed by atoms with Crippen LogP contribution in [0.3, 0.4) is 0 Å². The van der Waals surface area contributed by atoms with Gasteiger partial charge < -0.3 is 15.3 Å². The summed E-state index contributed by atoms with van der Waals surface area (Å²) < 4.78 is 0. The minimum atomic E-state index is -0.447. The van der Waals surface area contributed by atoms with Crippen molar-refractivity contribution in [2.45, 2.75) is 97.4 Å². The van der Waals surface area contributed by atoms with Gasteiger partial charge in [0.1, 0.15) is 0 Å². The fraction of sp³-hybridized carbons (Fsp3) is 0.889. The second-order valence-electron chi connectivity index (χ2n) is 12.4. The number of fused-ring (bicyclic) bond motifs is 5. The number of nitrogens with zero attached hydrogens (tertiary/aromatic N) is 1. The second-order valence-corrected chi connectivity index (χ2v) is 12.4. The maximum atomic E-state index is 11.7. The number of hydrogen-bond acceptors (Lipinski definition) is 4. The lowest BCUT2D eigenvalue weighted by molar-refractivity contribution is -0.155. The smallest absolute Gasteiger partial charge is 0.0757 e. The minimum Gasteiger partial charge on any atom is -0.393 e. The highest BCUT2D eigenvalue weighted by atomic mass is 16.3. The van der Waals surface area contributed by atoms with Crippen molar-refractivity contribution in [3.8, 4) is 0 Å². The number of rotatable bonds is 2. The van der Waals surface area contributed by atoms with Crippen molar-refractivity contribution >= 4 is 5.71 Å². The zero-order valence-electron chi connectivity index (χ0n) is 19.9. The third-order valence-electron chi connectivity index (χ3n) is 10.9. The first-order valence-corrected chi connectivity index (χ1v) is 12.9. The molecule has 174 valence electrons. The Bertz CT molecular complexity index is 776. The Kier molecular flexibility index (Phi) is 5.47. The maximum absolute atomic E-state index is 11.7. The van der Waals surface area contributed by atoms with Crippen LogP contribution < -0.4 is 0 Å². The molecule has 5 aliphatic rings. The van der Waals surface area contributed by atoms with Crippen LogP contribution in [-0.4, -0.2) is 45.9 Å². The molecule has 5 rings (SSSR count). The molecule has 0 bridgehead atoms. The molecule has 1 aliphatic heterocycles. The van der Waals surface area contributed by atoms with Crippen LogP contribution in [0.2, 0.25) is 0 Å². The predicted molar refractivity (Wildman–Crippen MR) is 124 cm³/mol. The molecule has 4 heteroatoms. The molecule has 0 amide bonds. The van der Waals surface area contributed by atoms with E-state index in [0.29, 0.717) is 36.0 Å². The third kappa shape index (κ3) is 3.22. The largest absolute Gasteiger partial charge is 0.393 e. The van der Waals surface area contributed by atoms with Gasteiger partial charge in [-0.3, -0.25) is 4.99 Å². The molecular weight excluding hydrogens is 386 g/mol. The lowest BCUT2D eigenvalue weighted by Crippen LogP contribution is -2.60. The van der Waals surface area contributed by atoms with E-state index in [1.54, 1.807) is 0 Å². The van der Waals surface area contributed by atoms with E-state index in [1.807, 2.05) is 0 Å². The van der Waals surface area contributed by atoms with Gasteiger partial charge in [-0.05, 0) is 92.3 Å². The fourth-order valence-corrected chi connectivity index (χ4v) is 8.90. The molecule has 0 aromatic heterocycles. The van der Waals surface area contributed by atoms with Crippen LogP contribution in [0, 0.1) is 46.3 Å². The van der Waals surface area contributed by atoms with E-state index in [2.05, 4.69) is 33.8 Å². The van der Waals surface area contributed by atoms with Crippen LogP contribution in [0.4, 0.5) is 0 Å². The van der Waals surface area contributed by atoms with Gasteiger partial charge in [-0.1, -0.05) is 39.3 Å². The molecule has 3 fully saturated rings. The monoisotopic (exact) mass is 429 g/mol. The first-order chi connectivity index (χ1) is 14.7. The zero-order valence-corrected chi connectivity index (χ0v) is 19.9. The van der Waals surface area contributed by atoms with Crippen molar-refractivity contribution in [2.75, 3.05) is 6.54 Å². The predicted octanol–water partition coefficient (Wildman–Crippen LogP) is 4.37. The van der Waals surface area contributed by atoms with E-state index in [1.165, 1.54) is 17.7 Å². The molecule has 4 nitrogen and oxygen atoms in total. The zero-order chi connectivity index (χ0) is 22.1. The molecule has 31 heavy (non-hydrogen) atoms. The summed E-state index contributed by atoms with van der Waals surface area (Å²) in [5, 5.41) is 33.3. The summed E-state index contributed by atoms with van der Waals surface area (Å²) in [6.45, 7) is 10.3. The Morgan fingerprint density at radius 2 is 1.84 bits per heavy atom. The van der Waals surface area contributed by atoms with E-state index in [4.69, 9.17) is 4.99 Å². The first-order valence-electron chi connectivity index (χ1n) is 12.9. The van der Waals surface area contributed by atoms with Crippen molar-refractivity contribution in [3.63, 3.8) is 0 Å². The normalized spacial score (nSPS) is 53.0. The number of aliphatic hydroxyl groups is 3. The summed E-state index contributed by atoms with van der Waals surface area (Å²) in [6, 6.07) is 0. The van der Waals surface area contributed by atoms with Gasteiger partial charge in [0, 0.05) is 17.7 Å². The number of hydrogen-bond donors (Lipinski definition) is 3. The van der Waals surface area contributed by atoms with Gasteiger partial charge in [-0.15, -0.1) is 0 Å². The molecule has 3 saturated carbocycles. The van der Waals surface area contributed by atoms with Gasteiger partial charge in [-0.2, -0.15) is 0 Å². The van der Waals surface area contributed by atoms with Gasteiger partial charge in [0.15, 0.2) is 0 Å². The van der Waals surface area contributed by atoms with Crippen molar-refractivity contribution in [3.05, 3.63) is 11.6 Å². The van der Waals surface area contributed by atoms with Gasteiger partial charge >= 0.3 is 0 Å². The molecule has 0 radical (unpaired) electrons. The van der Waals surface area contributed by atoms with Crippen LogP contribution in [0.25, 0.3) is 0 Å². The molecule has 3 N–H and O–H groups in total. The van der Waals surface area contributed by atoms with E-state index < -0.39 is 6.10 Å². The van der Waals surface area contributed by atoms with Crippen LogP contribution >= 0.6 is 0 Å². The summed E-state index contributed by atoms with van der Waals surface area (Å²) in [5.74, 6) is 2.44. The van der Waals surface area contributed by atoms with Gasteiger partial charge in [0.2, 0.25) is 0 Å². The Morgan fingerprint density at radius 3 is 2.55 bits per heavy atom. The van der Waals surface area contributed by atoms with Gasteiger partial charge in [-0.25, -0.2) is 0 Å². The first kappa shape index (κ1) is 22.1. The molecule has 0 aromatic rings. The summed E-state index contributed by atoms with van der Waals surface area (Å²) in [7, 11) is 0. The van der Waals surface area contributed by atoms with E-state index in [0.717, 1.165) is 45.1 Å². The van der Waals surface area contributed by atoms with E-state index in [9.17, 15) is 15.3 Å². The van der Waals surface area contributed by atoms with Crippen molar-refractivity contribution < 1.29 is 15.3 Å². The molecule has 0 saturated heterocycles. The number of aliphatic imine (C=N–C) groups is 1. The molecule has 11 atom stereocenters.